The van der Waals surface area contributed by atoms with Crippen LogP contribution in [0.4, 0.5) is 0 Å². The number of H-pyrrole nitrogens is 1. The molecule has 0 saturated carbocycles. The van der Waals surface area contributed by atoms with Gasteiger partial charge >= 0.3 is 0 Å². The zero-order valence-electron chi connectivity index (χ0n) is 13.6. The summed E-state index contributed by atoms with van der Waals surface area (Å²) in [5.41, 5.74) is 2.03. The molecule has 2 aromatic rings. The summed E-state index contributed by atoms with van der Waals surface area (Å²) in [5, 5.41) is 10.5. The minimum atomic E-state index is -0.140. The number of rotatable bonds is 5. The van der Waals surface area contributed by atoms with Crippen molar-refractivity contribution in [2.75, 3.05) is 32.8 Å². The van der Waals surface area contributed by atoms with Crippen molar-refractivity contribution >= 4 is 17.5 Å². The lowest BCUT2D eigenvalue weighted by Gasteiger charge is -2.32. The number of amides is 1. The van der Waals surface area contributed by atoms with Crippen molar-refractivity contribution < 1.29 is 9.53 Å². The molecule has 2 heterocycles. The first-order valence-electron chi connectivity index (χ1n) is 8.04. The van der Waals surface area contributed by atoms with Gasteiger partial charge in [0, 0.05) is 36.3 Å². The van der Waals surface area contributed by atoms with Gasteiger partial charge in [-0.25, -0.2) is 0 Å². The van der Waals surface area contributed by atoms with Crippen molar-refractivity contribution in [3.8, 4) is 11.3 Å². The van der Waals surface area contributed by atoms with Crippen LogP contribution in [0.5, 0.6) is 0 Å². The van der Waals surface area contributed by atoms with E-state index in [1.807, 2.05) is 18.2 Å². The van der Waals surface area contributed by atoms with Crippen molar-refractivity contribution in [2.24, 2.45) is 0 Å². The fourth-order valence-corrected chi connectivity index (χ4v) is 3.00. The summed E-state index contributed by atoms with van der Waals surface area (Å²) in [5.74, 6) is -0.140. The predicted octanol–water partition coefficient (Wildman–Crippen LogP) is 2.18. The molecule has 1 atom stereocenters. The van der Waals surface area contributed by atoms with Gasteiger partial charge in [-0.05, 0) is 19.1 Å². The first kappa shape index (κ1) is 17.0. The molecule has 1 aromatic carbocycles. The highest BCUT2D eigenvalue weighted by Gasteiger charge is 2.20. The van der Waals surface area contributed by atoms with E-state index in [1.165, 1.54) is 0 Å². The summed E-state index contributed by atoms with van der Waals surface area (Å²) in [6.07, 6.45) is 1.55. The topological polar surface area (TPSA) is 70.2 Å². The van der Waals surface area contributed by atoms with Gasteiger partial charge in [-0.1, -0.05) is 23.7 Å². The summed E-state index contributed by atoms with van der Waals surface area (Å²) in [6.45, 7) is 5.99. The molecule has 1 saturated heterocycles. The number of nitrogens with one attached hydrogen (secondary N) is 2. The number of halogens is 1. The van der Waals surface area contributed by atoms with E-state index in [4.69, 9.17) is 16.3 Å². The first-order chi connectivity index (χ1) is 11.6. The van der Waals surface area contributed by atoms with E-state index in [9.17, 15) is 4.79 Å². The molecule has 1 aliphatic heterocycles. The zero-order valence-corrected chi connectivity index (χ0v) is 14.3. The lowest BCUT2D eigenvalue weighted by Crippen LogP contribution is -2.47. The highest BCUT2D eigenvalue weighted by atomic mass is 35.5. The second kappa shape index (κ2) is 7.79. The second-order valence-electron chi connectivity index (χ2n) is 5.88. The zero-order chi connectivity index (χ0) is 16.9. The van der Waals surface area contributed by atoms with Gasteiger partial charge in [0.2, 0.25) is 0 Å². The molecule has 0 unspecified atom stereocenters. The van der Waals surface area contributed by atoms with Crippen LogP contribution in [-0.2, 0) is 4.74 Å². The molecule has 0 bridgehead atoms. The van der Waals surface area contributed by atoms with Crippen molar-refractivity contribution in [3.05, 3.63) is 41.0 Å². The van der Waals surface area contributed by atoms with Crippen LogP contribution >= 0.6 is 11.6 Å². The quantitative estimate of drug-likeness (QED) is 0.869. The Morgan fingerprint density at radius 1 is 1.46 bits per heavy atom. The number of aromatic nitrogens is 2. The number of carbonyl (C=O) groups excluding carboxylic acids is 1. The Bertz CT molecular complexity index is 697. The van der Waals surface area contributed by atoms with Gasteiger partial charge in [-0.2, -0.15) is 5.10 Å². The lowest BCUT2D eigenvalue weighted by molar-refractivity contribution is 0.0204. The molecule has 0 radical (unpaired) electrons. The van der Waals surface area contributed by atoms with Gasteiger partial charge in [-0.3, -0.25) is 14.8 Å². The van der Waals surface area contributed by atoms with Crippen molar-refractivity contribution in [1.82, 2.24) is 20.4 Å². The average Bonchev–Trinajstić information content (AvgIpc) is 3.10. The molecule has 7 heteroatoms. The molecule has 128 valence electrons. The molecule has 6 nitrogen and oxygen atoms in total. The van der Waals surface area contributed by atoms with Gasteiger partial charge in [0.15, 0.2) is 0 Å². The van der Waals surface area contributed by atoms with E-state index in [1.54, 1.807) is 12.3 Å². The lowest BCUT2D eigenvalue weighted by atomic mass is 10.1. The molecule has 1 aliphatic rings. The smallest absolute Gasteiger partial charge is 0.255 e. The third-order valence-electron chi connectivity index (χ3n) is 4.22. The highest BCUT2D eigenvalue weighted by Crippen LogP contribution is 2.23. The maximum atomic E-state index is 12.5. The van der Waals surface area contributed by atoms with Crippen LogP contribution in [0.2, 0.25) is 5.02 Å². The molecule has 3 rings (SSSR count). The Morgan fingerprint density at radius 2 is 2.25 bits per heavy atom. The molecule has 1 fully saturated rings. The van der Waals surface area contributed by atoms with Crippen molar-refractivity contribution in [3.63, 3.8) is 0 Å². The Labute approximate surface area is 146 Å². The number of ether oxygens (including phenoxy) is 1. The number of hydrogen-bond acceptors (Lipinski definition) is 4. The monoisotopic (exact) mass is 348 g/mol. The van der Waals surface area contributed by atoms with Gasteiger partial charge in [0.25, 0.3) is 5.91 Å². The molecular formula is C17H21ClN4O2. The minimum Gasteiger partial charge on any atom is -0.379 e. The molecule has 24 heavy (non-hydrogen) atoms. The predicted molar refractivity (Wildman–Crippen MR) is 93.2 cm³/mol. The molecule has 1 amide bonds. The second-order valence-corrected chi connectivity index (χ2v) is 6.31. The van der Waals surface area contributed by atoms with Crippen LogP contribution in [0.3, 0.4) is 0 Å². The van der Waals surface area contributed by atoms with E-state index in [0.29, 0.717) is 22.8 Å². The van der Waals surface area contributed by atoms with E-state index in [0.717, 1.165) is 31.9 Å². The number of aromatic amines is 1. The third-order valence-corrected chi connectivity index (χ3v) is 4.46. The molecule has 0 aliphatic carbocycles. The van der Waals surface area contributed by atoms with Gasteiger partial charge in [0.1, 0.15) is 0 Å². The maximum absolute atomic E-state index is 12.5. The van der Waals surface area contributed by atoms with E-state index < -0.39 is 0 Å². The number of benzene rings is 1. The number of nitrogens with zero attached hydrogens (tertiary/aromatic N) is 2. The van der Waals surface area contributed by atoms with Crippen LogP contribution in [0.1, 0.15) is 17.3 Å². The highest BCUT2D eigenvalue weighted by molar-refractivity contribution is 6.30. The summed E-state index contributed by atoms with van der Waals surface area (Å²) < 4.78 is 5.36. The molecular weight excluding hydrogens is 328 g/mol. The van der Waals surface area contributed by atoms with Crippen LogP contribution in [0.25, 0.3) is 11.3 Å². The van der Waals surface area contributed by atoms with Crippen LogP contribution in [-0.4, -0.2) is 59.9 Å². The van der Waals surface area contributed by atoms with Crippen molar-refractivity contribution in [1.29, 1.82) is 0 Å². The normalized spacial score (nSPS) is 16.8. The summed E-state index contributed by atoms with van der Waals surface area (Å²) >= 11 is 6.03. The average molecular weight is 349 g/mol. The van der Waals surface area contributed by atoms with Crippen LogP contribution < -0.4 is 5.32 Å². The van der Waals surface area contributed by atoms with Crippen LogP contribution in [0.15, 0.2) is 30.5 Å². The molecule has 1 aromatic heterocycles. The number of carbonyl (C=O) groups is 1. The Balaban J connectivity index is 1.64. The third kappa shape index (κ3) is 3.95. The van der Waals surface area contributed by atoms with Gasteiger partial charge in [0.05, 0.1) is 30.7 Å². The first-order valence-corrected chi connectivity index (χ1v) is 8.42. The van der Waals surface area contributed by atoms with Crippen LogP contribution in [0, 0.1) is 0 Å². The largest absolute Gasteiger partial charge is 0.379 e. The molecule has 2 N–H and O–H groups in total. The van der Waals surface area contributed by atoms with Gasteiger partial charge < -0.3 is 10.1 Å². The maximum Gasteiger partial charge on any atom is 0.255 e. The Morgan fingerprint density at radius 3 is 3.00 bits per heavy atom. The minimum absolute atomic E-state index is 0.140. The Hall–Kier alpha value is -1.89. The van der Waals surface area contributed by atoms with E-state index >= 15 is 0 Å². The standard InChI is InChI=1S/C17H21ClN4O2/c1-12(22-5-7-24-8-6-22)10-19-17(23)15-11-20-21-16(15)13-3-2-4-14(18)9-13/h2-4,9,11-12H,5-8,10H2,1H3,(H,19,23)(H,20,21)/t12-/m0/s1. The fraction of sp³-hybridized carbons (Fsp3) is 0.412. The summed E-state index contributed by atoms with van der Waals surface area (Å²) in [6, 6.07) is 7.61. The summed E-state index contributed by atoms with van der Waals surface area (Å²) in [7, 11) is 0. The van der Waals surface area contributed by atoms with Crippen molar-refractivity contribution in [2.45, 2.75) is 13.0 Å². The summed E-state index contributed by atoms with van der Waals surface area (Å²) in [4.78, 5) is 14.8. The SMILES string of the molecule is C[C@@H](CNC(=O)c1cn[nH]c1-c1cccc(Cl)c1)N1CCOCC1. The number of morpholine rings is 1. The number of hydrogen-bond donors (Lipinski definition) is 2. The fourth-order valence-electron chi connectivity index (χ4n) is 2.81. The Kier molecular flexibility index (Phi) is 5.50. The van der Waals surface area contributed by atoms with E-state index in [2.05, 4.69) is 27.3 Å². The van der Waals surface area contributed by atoms with E-state index in [-0.39, 0.29) is 11.9 Å². The van der Waals surface area contributed by atoms with Gasteiger partial charge in [-0.15, -0.1) is 0 Å². The molecule has 0 spiro atoms.